The van der Waals surface area contributed by atoms with Gasteiger partial charge in [0.1, 0.15) is 0 Å². The molecule has 1 aromatic heterocycles. The first-order valence-corrected chi connectivity index (χ1v) is 11.9. The molecule has 190 valence electrons. The fraction of sp³-hybridized carbons (Fsp3) is 0.444. The van der Waals surface area contributed by atoms with Crippen molar-refractivity contribution in [3.8, 4) is 11.8 Å². The first kappa shape index (κ1) is 27.7. The van der Waals surface area contributed by atoms with Crippen molar-refractivity contribution in [3.63, 3.8) is 0 Å². The second-order valence-electron chi connectivity index (χ2n) is 8.26. The number of amides is 2. The molecule has 1 N–H and O–H groups in total. The highest BCUT2D eigenvalue weighted by Gasteiger charge is 2.23. The fourth-order valence-corrected chi connectivity index (χ4v) is 3.73. The maximum absolute atomic E-state index is 13.4. The zero-order valence-corrected chi connectivity index (χ0v) is 21.7. The van der Waals surface area contributed by atoms with Crippen LogP contribution < -0.4 is 14.8 Å². The van der Waals surface area contributed by atoms with Gasteiger partial charge in [-0.1, -0.05) is 43.3 Å². The SMILES string of the molecule is CC/C=C(/C(=O)NCC[C@H](Cc1ccccc1)N(C)C(=O)c1cc(OC)nc(OC)c1)N(C)CC. The van der Waals surface area contributed by atoms with Crippen molar-refractivity contribution in [1.82, 2.24) is 20.1 Å². The van der Waals surface area contributed by atoms with E-state index in [1.54, 1.807) is 24.1 Å². The van der Waals surface area contributed by atoms with Gasteiger partial charge in [-0.25, -0.2) is 0 Å². The Balaban J connectivity index is 2.20. The molecule has 0 aliphatic carbocycles. The van der Waals surface area contributed by atoms with E-state index in [0.29, 0.717) is 42.4 Å². The molecule has 1 heterocycles. The number of nitrogens with one attached hydrogen (secondary N) is 1. The second kappa shape index (κ2) is 14.0. The van der Waals surface area contributed by atoms with Gasteiger partial charge < -0.3 is 24.6 Å². The lowest BCUT2D eigenvalue weighted by Crippen LogP contribution is -2.41. The highest BCUT2D eigenvalue weighted by molar-refractivity contribution is 5.95. The molecule has 8 nitrogen and oxygen atoms in total. The third-order valence-corrected chi connectivity index (χ3v) is 5.90. The van der Waals surface area contributed by atoms with Gasteiger partial charge in [-0.2, -0.15) is 4.98 Å². The Labute approximate surface area is 208 Å². The number of hydrogen-bond donors (Lipinski definition) is 1. The quantitative estimate of drug-likeness (QED) is 0.440. The Morgan fingerprint density at radius 1 is 1.06 bits per heavy atom. The Kier molecular flexibility index (Phi) is 11.1. The number of hydrogen-bond acceptors (Lipinski definition) is 6. The summed E-state index contributed by atoms with van der Waals surface area (Å²) in [6.07, 6.45) is 3.96. The number of ether oxygens (including phenoxy) is 2. The minimum atomic E-state index is -0.173. The first-order valence-electron chi connectivity index (χ1n) is 11.9. The number of nitrogens with zero attached hydrogens (tertiary/aromatic N) is 3. The number of carbonyl (C=O) groups excluding carboxylic acids is 2. The number of methoxy groups -OCH3 is 2. The lowest BCUT2D eigenvalue weighted by atomic mass is 10.0. The number of likely N-dealkylation sites (N-methyl/N-ethyl adjacent to an activating group) is 2. The number of rotatable bonds is 13. The van der Waals surface area contributed by atoms with Gasteiger partial charge in [-0.3, -0.25) is 9.59 Å². The molecule has 1 aromatic carbocycles. The fourth-order valence-electron chi connectivity index (χ4n) is 3.73. The molecule has 0 aliphatic heterocycles. The molecule has 35 heavy (non-hydrogen) atoms. The van der Waals surface area contributed by atoms with Gasteiger partial charge in [0.25, 0.3) is 11.8 Å². The summed E-state index contributed by atoms with van der Waals surface area (Å²) in [6, 6.07) is 13.1. The summed E-state index contributed by atoms with van der Waals surface area (Å²) in [5, 5.41) is 3.03. The molecule has 0 saturated carbocycles. The molecule has 2 amide bonds. The van der Waals surface area contributed by atoms with Gasteiger partial charge in [0.05, 0.1) is 25.5 Å². The van der Waals surface area contributed by atoms with Crippen molar-refractivity contribution in [1.29, 1.82) is 0 Å². The van der Waals surface area contributed by atoms with Crippen LogP contribution >= 0.6 is 0 Å². The van der Waals surface area contributed by atoms with E-state index in [-0.39, 0.29) is 17.9 Å². The third kappa shape index (κ3) is 8.02. The minimum Gasteiger partial charge on any atom is -0.481 e. The average Bonchev–Trinajstić information content (AvgIpc) is 2.89. The van der Waals surface area contributed by atoms with Crippen LogP contribution in [0.1, 0.15) is 42.6 Å². The van der Waals surface area contributed by atoms with E-state index in [9.17, 15) is 9.59 Å². The number of allylic oxidation sites excluding steroid dienone is 1. The van der Waals surface area contributed by atoms with E-state index in [0.717, 1.165) is 18.5 Å². The van der Waals surface area contributed by atoms with Gasteiger partial charge in [-0.15, -0.1) is 0 Å². The van der Waals surface area contributed by atoms with Crippen molar-refractivity contribution < 1.29 is 19.1 Å². The molecule has 0 radical (unpaired) electrons. The minimum absolute atomic E-state index is 0.104. The predicted molar refractivity (Wildman–Crippen MR) is 138 cm³/mol. The zero-order chi connectivity index (χ0) is 25.8. The molecule has 2 rings (SSSR count). The topological polar surface area (TPSA) is 84.0 Å². The van der Waals surface area contributed by atoms with Crippen LogP contribution in [-0.2, 0) is 11.2 Å². The molecule has 8 heteroatoms. The van der Waals surface area contributed by atoms with E-state index in [1.165, 1.54) is 14.2 Å². The van der Waals surface area contributed by atoms with Crippen LogP contribution in [0.3, 0.4) is 0 Å². The van der Waals surface area contributed by atoms with Gasteiger partial charge in [0.2, 0.25) is 11.8 Å². The molecule has 2 aromatic rings. The van der Waals surface area contributed by atoms with Crippen molar-refractivity contribution in [2.75, 3.05) is 41.4 Å². The maximum Gasteiger partial charge on any atom is 0.267 e. The molecular formula is C27H38N4O4. The van der Waals surface area contributed by atoms with Crippen LogP contribution in [0, 0.1) is 0 Å². The molecule has 0 spiro atoms. The van der Waals surface area contributed by atoms with Crippen molar-refractivity contribution in [3.05, 3.63) is 65.4 Å². The first-order chi connectivity index (χ1) is 16.8. The molecule has 0 fully saturated rings. The second-order valence-corrected chi connectivity index (χ2v) is 8.26. The summed E-state index contributed by atoms with van der Waals surface area (Å²) < 4.78 is 10.5. The molecule has 0 bridgehead atoms. The smallest absolute Gasteiger partial charge is 0.267 e. The largest absolute Gasteiger partial charge is 0.481 e. The summed E-state index contributed by atoms with van der Waals surface area (Å²) >= 11 is 0. The van der Waals surface area contributed by atoms with Crippen molar-refractivity contribution >= 4 is 11.8 Å². The monoisotopic (exact) mass is 482 g/mol. The highest BCUT2D eigenvalue weighted by atomic mass is 16.5. The molecule has 0 unspecified atom stereocenters. The molecule has 1 atom stereocenters. The lowest BCUT2D eigenvalue weighted by Gasteiger charge is -2.29. The van der Waals surface area contributed by atoms with E-state index in [4.69, 9.17) is 9.47 Å². The summed E-state index contributed by atoms with van der Waals surface area (Å²) in [4.78, 5) is 34.0. The van der Waals surface area contributed by atoms with Gasteiger partial charge in [0, 0.05) is 45.4 Å². The Bertz CT molecular complexity index is 972. The van der Waals surface area contributed by atoms with Gasteiger partial charge >= 0.3 is 0 Å². The normalized spacial score (nSPS) is 12.0. The van der Waals surface area contributed by atoms with E-state index >= 15 is 0 Å². The van der Waals surface area contributed by atoms with Gasteiger partial charge in [-0.05, 0) is 31.7 Å². The van der Waals surface area contributed by atoms with Crippen LogP contribution in [-0.4, -0.2) is 74.0 Å². The van der Waals surface area contributed by atoms with Crippen LogP contribution in [0.4, 0.5) is 0 Å². The van der Waals surface area contributed by atoms with E-state index in [1.807, 2.05) is 62.2 Å². The number of benzene rings is 1. The molecular weight excluding hydrogens is 444 g/mol. The Hall–Kier alpha value is -3.55. The number of carbonyl (C=O) groups is 2. The Morgan fingerprint density at radius 3 is 2.23 bits per heavy atom. The van der Waals surface area contributed by atoms with Crippen LogP contribution in [0.25, 0.3) is 0 Å². The van der Waals surface area contributed by atoms with Crippen LogP contribution in [0.2, 0.25) is 0 Å². The van der Waals surface area contributed by atoms with Crippen molar-refractivity contribution in [2.24, 2.45) is 0 Å². The Morgan fingerprint density at radius 2 is 1.69 bits per heavy atom. The molecule has 0 aliphatic rings. The lowest BCUT2D eigenvalue weighted by molar-refractivity contribution is -0.118. The summed E-state index contributed by atoms with van der Waals surface area (Å²) in [7, 11) is 6.68. The van der Waals surface area contributed by atoms with Crippen LogP contribution in [0.15, 0.2) is 54.2 Å². The average molecular weight is 483 g/mol. The van der Waals surface area contributed by atoms with E-state index in [2.05, 4.69) is 10.3 Å². The summed E-state index contributed by atoms with van der Waals surface area (Å²) in [5.41, 5.74) is 2.21. The van der Waals surface area contributed by atoms with Gasteiger partial charge in [0.15, 0.2) is 0 Å². The van der Waals surface area contributed by atoms with Crippen LogP contribution in [0.5, 0.6) is 11.8 Å². The molecule has 0 saturated heterocycles. The zero-order valence-electron chi connectivity index (χ0n) is 21.7. The van der Waals surface area contributed by atoms with E-state index < -0.39 is 0 Å². The standard InChI is InChI=1S/C27H38N4O4/c1-7-12-23(30(3)8-2)26(32)28-16-15-22(17-20-13-10-9-11-14-20)31(4)27(33)21-18-24(34-5)29-25(19-21)35-6/h9-14,18-19,22H,7-8,15-17H2,1-6H3,(H,28,32)/b23-12-/t22-/m1/s1. The summed E-state index contributed by atoms with van der Waals surface area (Å²) in [5.74, 6) is 0.340. The van der Waals surface area contributed by atoms with Crippen molar-refractivity contribution in [2.45, 2.75) is 39.2 Å². The maximum atomic E-state index is 13.4. The predicted octanol–water partition coefficient (Wildman–Crippen LogP) is 3.53. The number of pyridine rings is 1. The number of aromatic nitrogens is 1. The third-order valence-electron chi connectivity index (χ3n) is 5.90. The summed E-state index contributed by atoms with van der Waals surface area (Å²) in [6.45, 7) is 5.20. The highest BCUT2D eigenvalue weighted by Crippen LogP contribution is 2.21.